The average molecular weight is 388 g/mol. The summed E-state index contributed by atoms with van der Waals surface area (Å²) in [4.78, 5) is 1.08. The van der Waals surface area contributed by atoms with Gasteiger partial charge in [-0.2, -0.15) is 4.57 Å². The molecular weight excluding hydrogens is 372 g/mol. The predicted octanol–water partition coefficient (Wildman–Crippen LogP) is 5.32. The van der Waals surface area contributed by atoms with Crippen LogP contribution >= 0.6 is 35.2 Å². The van der Waals surface area contributed by atoms with Crippen molar-refractivity contribution in [3.05, 3.63) is 81.8 Å². The van der Waals surface area contributed by atoms with E-state index < -0.39 is 0 Å². The number of benzene rings is 1. The molecule has 0 atom stereocenters. The first-order chi connectivity index (χ1) is 12.0. The number of aliphatic hydroxyl groups excluding tert-OH is 1. The fraction of sp³-hybridized carbons (Fsp3) is 0.0526. The van der Waals surface area contributed by atoms with Gasteiger partial charge in [0.2, 0.25) is 5.76 Å². The van der Waals surface area contributed by atoms with E-state index in [9.17, 15) is 5.11 Å². The van der Waals surface area contributed by atoms with Gasteiger partial charge in [-0.3, -0.25) is 0 Å². The number of rotatable bonds is 4. The molecule has 1 aromatic carbocycles. The lowest BCUT2D eigenvalue weighted by Gasteiger charge is -2.09. The van der Waals surface area contributed by atoms with E-state index in [1.807, 2.05) is 66.3 Å². The number of nitrogens with zero attached hydrogens (tertiary/aromatic N) is 1. The van der Waals surface area contributed by atoms with Crippen molar-refractivity contribution in [2.45, 2.75) is 6.92 Å². The van der Waals surface area contributed by atoms with Gasteiger partial charge in [-0.15, -0.1) is 11.3 Å². The first-order valence-electron chi connectivity index (χ1n) is 7.58. The number of aromatic nitrogens is 1. The lowest BCUT2D eigenvalue weighted by atomic mass is 10.2. The summed E-state index contributed by atoms with van der Waals surface area (Å²) >= 11 is 12.9. The summed E-state index contributed by atoms with van der Waals surface area (Å²) < 4.78 is 2.42. The maximum Gasteiger partial charge on any atom is 0.289 e. The highest BCUT2D eigenvalue weighted by Crippen LogP contribution is 2.28. The van der Waals surface area contributed by atoms with E-state index in [1.165, 1.54) is 11.3 Å². The Morgan fingerprint density at radius 3 is 2.52 bits per heavy atom. The van der Waals surface area contributed by atoms with E-state index in [2.05, 4.69) is 5.32 Å². The van der Waals surface area contributed by atoms with Gasteiger partial charge >= 0.3 is 0 Å². The van der Waals surface area contributed by atoms with E-state index in [0.29, 0.717) is 19.9 Å². The Kier molecular flexibility index (Phi) is 5.48. The largest absolute Gasteiger partial charge is 0.501 e. The molecule has 0 aliphatic carbocycles. The summed E-state index contributed by atoms with van der Waals surface area (Å²) in [5.41, 5.74) is 2.41. The van der Waals surface area contributed by atoms with Gasteiger partial charge in [0, 0.05) is 17.3 Å². The van der Waals surface area contributed by atoms with Crippen LogP contribution in [0.2, 0.25) is 4.34 Å². The van der Waals surface area contributed by atoms with Crippen molar-refractivity contribution in [3.63, 3.8) is 0 Å². The third kappa shape index (κ3) is 4.25. The minimum Gasteiger partial charge on any atom is -0.501 e. The summed E-state index contributed by atoms with van der Waals surface area (Å²) in [6.07, 6.45) is 3.77. The Morgan fingerprint density at radius 1 is 1.12 bits per heavy atom. The van der Waals surface area contributed by atoms with Crippen molar-refractivity contribution in [3.8, 4) is 0 Å². The number of aryl methyl sites for hydroxylation is 1. The summed E-state index contributed by atoms with van der Waals surface area (Å²) in [6.45, 7) is 1.99. The van der Waals surface area contributed by atoms with E-state index in [4.69, 9.17) is 23.8 Å². The number of halogens is 1. The van der Waals surface area contributed by atoms with Crippen LogP contribution in [0, 0.1) is 6.92 Å². The first-order valence-corrected chi connectivity index (χ1v) is 9.18. The molecule has 2 N–H and O–H groups in total. The number of para-hydroxylation sites is 1. The lowest BCUT2D eigenvalue weighted by molar-refractivity contribution is -0.576. The molecule has 3 aromatic rings. The molecule has 0 radical (unpaired) electrons. The predicted molar refractivity (Wildman–Crippen MR) is 109 cm³/mol. The SMILES string of the molecule is Cc1ccc[n+](/C(C(=S)Nc2ccccc2)=C(\O)c2ccc(Cl)s2)c1. The molecule has 126 valence electrons. The normalized spacial score (nSPS) is 11.8. The van der Waals surface area contributed by atoms with E-state index in [0.717, 1.165) is 11.3 Å². The Labute approximate surface area is 160 Å². The number of hydrogen-bond donors (Lipinski definition) is 2. The minimum absolute atomic E-state index is 0.0842. The highest BCUT2D eigenvalue weighted by molar-refractivity contribution is 7.81. The number of pyridine rings is 1. The van der Waals surface area contributed by atoms with Crippen LogP contribution in [-0.2, 0) is 0 Å². The molecule has 3 nitrogen and oxygen atoms in total. The van der Waals surface area contributed by atoms with E-state index in [-0.39, 0.29) is 5.76 Å². The summed E-state index contributed by atoms with van der Waals surface area (Å²) in [5.74, 6) is 0.0842. The zero-order chi connectivity index (χ0) is 17.8. The van der Waals surface area contributed by atoms with Gasteiger partial charge in [0.05, 0.1) is 9.21 Å². The highest BCUT2D eigenvalue weighted by Gasteiger charge is 2.24. The first kappa shape index (κ1) is 17.6. The summed E-state index contributed by atoms with van der Waals surface area (Å²) in [6, 6.07) is 17.1. The highest BCUT2D eigenvalue weighted by atomic mass is 35.5. The number of thiophene rings is 1. The second kappa shape index (κ2) is 7.78. The van der Waals surface area contributed by atoms with Crippen LogP contribution in [0.15, 0.2) is 67.0 Å². The quantitative estimate of drug-likeness (QED) is 0.275. The molecule has 0 fully saturated rings. The molecule has 0 aliphatic heterocycles. The Hall–Kier alpha value is -2.21. The number of aliphatic hydroxyl groups is 1. The fourth-order valence-corrected chi connectivity index (χ4v) is 3.66. The summed E-state index contributed by atoms with van der Waals surface area (Å²) in [5, 5.41) is 14.1. The molecule has 2 aromatic heterocycles. The third-order valence-corrected chi connectivity index (χ3v) is 5.02. The molecule has 25 heavy (non-hydrogen) atoms. The zero-order valence-electron chi connectivity index (χ0n) is 13.4. The Balaban J connectivity index is 2.07. The van der Waals surface area contributed by atoms with E-state index in [1.54, 1.807) is 12.1 Å². The Bertz CT molecular complexity index is 935. The second-order valence-corrected chi connectivity index (χ2v) is 7.53. The minimum atomic E-state index is 0.0842. The number of thiocarbonyl (C=S) groups is 1. The van der Waals surface area contributed by atoms with E-state index >= 15 is 0 Å². The summed E-state index contributed by atoms with van der Waals surface area (Å²) in [7, 11) is 0. The number of anilines is 1. The van der Waals surface area contributed by atoms with Crippen LogP contribution < -0.4 is 9.88 Å². The molecule has 0 saturated heterocycles. The van der Waals surface area contributed by atoms with Gasteiger partial charge in [-0.05, 0) is 37.3 Å². The molecule has 0 saturated carbocycles. The van der Waals surface area contributed by atoms with Crippen molar-refractivity contribution < 1.29 is 9.67 Å². The molecule has 0 unspecified atom stereocenters. The standard InChI is InChI=1S/C19H15ClN2OS2/c1-13-6-5-11-22(12-13)17(18(23)15-9-10-16(20)25-15)19(24)21-14-7-3-2-4-8-14/h2-12H,1H3,(H-,21,23,24)/p+1. The molecule has 0 amide bonds. The van der Waals surface area contributed by atoms with Gasteiger partial charge < -0.3 is 10.4 Å². The van der Waals surface area contributed by atoms with Crippen LogP contribution in [0.3, 0.4) is 0 Å². The molecule has 0 aliphatic rings. The lowest BCUT2D eigenvalue weighted by Crippen LogP contribution is -2.38. The van der Waals surface area contributed by atoms with Gasteiger partial charge in [0.15, 0.2) is 17.4 Å². The van der Waals surface area contributed by atoms with Crippen LogP contribution in [0.25, 0.3) is 11.5 Å². The zero-order valence-corrected chi connectivity index (χ0v) is 15.8. The fourth-order valence-electron chi connectivity index (χ4n) is 2.35. The molecule has 0 bridgehead atoms. The van der Waals surface area contributed by atoms with Crippen LogP contribution in [0.4, 0.5) is 5.69 Å². The molecule has 0 spiro atoms. The molecular formula is C19H16ClN2OS2+. The number of nitrogens with one attached hydrogen (secondary N) is 1. The van der Waals surface area contributed by atoms with Crippen molar-refractivity contribution in [1.82, 2.24) is 0 Å². The maximum atomic E-state index is 10.9. The maximum absolute atomic E-state index is 10.9. The van der Waals surface area contributed by atoms with Crippen molar-refractivity contribution in [1.29, 1.82) is 0 Å². The molecule has 2 heterocycles. The second-order valence-electron chi connectivity index (χ2n) is 5.41. The van der Waals surface area contributed by atoms with Crippen molar-refractivity contribution >= 4 is 57.3 Å². The molecule has 6 heteroatoms. The van der Waals surface area contributed by atoms with Gasteiger partial charge in [-0.25, -0.2) is 0 Å². The Morgan fingerprint density at radius 2 is 1.88 bits per heavy atom. The van der Waals surface area contributed by atoms with Crippen molar-refractivity contribution in [2.75, 3.05) is 5.32 Å². The smallest absolute Gasteiger partial charge is 0.289 e. The van der Waals surface area contributed by atoms with Gasteiger partial charge in [0.1, 0.15) is 0 Å². The average Bonchev–Trinajstić information content (AvgIpc) is 3.02. The van der Waals surface area contributed by atoms with Crippen LogP contribution in [0.5, 0.6) is 0 Å². The molecule has 3 rings (SSSR count). The van der Waals surface area contributed by atoms with Crippen LogP contribution in [-0.4, -0.2) is 10.1 Å². The topological polar surface area (TPSA) is 36.1 Å². The van der Waals surface area contributed by atoms with Crippen LogP contribution in [0.1, 0.15) is 10.4 Å². The van der Waals surface area contributed by atoms with Crippen molar-refractivity contribution in [2.24, 2.45) is 0 Å². The monoisotopic (exact) mass is 387 g/mol. The van der Waals surface area contributed by atoms with Gasteiger partial charge in [-0.1, -0.05) is 42.0 Å². The van der Waals surface area contributed by atoms with Gasteiger partial charge in [0.25, 0.3) is 5.70 Å². The number of hydrogen-bond acceptors (Lipinski definition) is 3. The third-order valence-electron chi connectivity index (χ3n) is 3.48.